The Balaban J connectivity index is 1.63. The lowest BCUT2D eigenvalue weighted by molar-refractivity contribution is -0.163. The zero-order valence-electron chi connectivity index (χ0n) is 10.7. The fourth-order valence-corrected chi connectivity index (χ4v) is 3.17. The second-order valence-corrected chi connectivity index (χ2v) is 5.59. The van der Waals surface area contributed by atoms with E-state index in [0.717, 1.165) is 36.2 Å². The van der Waals surface area contributed by atoms with Gasteiger partial charge in [-0.3, -0.25) is 4.79 Å². The molecule has 4 nitrogen and oxygen atoms in total. The van der Waals surface area contributed by atoms with E-state index in [4.69, 9.17) is 9.47 Å². The minimum absolute atomic E-state index is 0.0499. The summed E-state index contributed by atoms with van der Waals surface area (Å²) in [5, 5.41) is 1.95. The summed E-state index contributed by atoms with van der Waals surface area (Å²) in [4.78, 5) is 11.7. The highest BCUT2D eigenvalue weighted by Gasteiger charge is 2.13. The number of rotatable bonds is 4. The largest absolute Gasteiger partial charge is 0.353 e. The normalized spacial score (nSPS) is 19.9. The van der Waals surface area contributed by atoms with Gasteiger partial charge in [0, 0.05) is 25.4 Å². The van der Waals surface area contributed by atoms with Gasteiger partial charge in [-0.1, -0.05) is 0 Å². The Kier molecular flexibility index (Phi) is 3.96. The van der Waals surface area contributed by atoms with Crippen molar-refractivity contribution in [2.24, 2.45) is 0 Å². The van der Waals surface area contributed by atoms with Crippen molar-refractivity contribution in [3.63, 3.8) is 0 Å². The summed E-state index contributed by atoms with van der Waals surface area (Å²) < 4.78 is 14.1. The zero-order chi connectivity index (χ0) is 13.1. The predicted molar refractivity (Wildman–Crippen MR) is 75.6 cm³/mol. The van der Waals surface area contributed by atoms with Crippen LogP contribution in [0.5, 0.6) is 0 Å². The fourth-order valence-electron chi connectivity index (χ4n) is 2.35. The van der Waals surface area contributed by atoms with E-state index in [1.165, 1.54) is 17.8 Å². The molecule has 0 aromatic carbocycles. The van der Waals surface area contributed by atoms with Crippen LogP contribution in [0.25, 0.3) is 10.2 Å². The van der Waals surface area contributed by atoms with E-state index in [9.17, 15) is 4.79 Å². The molecule has 0 saturated carbocycles. The molecular weight excluding hydrogens is 262 g/mol. The molecule has 2 aromatic heterocycles. The zero-order valence-corrected chi connectivity index (χ0v) is 11.5. The molecule has 1 fully saturated rings. The number of aromatic nitrogens is 1. The molecule has 102 valence electrons. The number of hydrogen-bond donors (Lipinski definition) is 0. The number of pyridine rings is 1. The lowest BCUT2D eigenvalue weighted by atomic mass is 10.2. The van der Waals surface area contributed by atoms with Crippen LogP contribution in [0.1, 0.15) is 19.3 Å². The summed E-state index contributed by atoms with van der Waals surface area (Å²) in [5.41, 5.74) is 1.09. The summed E-state index contributed by atoms with van der Waals surface area (Å²) in [5.74, 6) is 0. The quantitative estimate of drug-likeness (QED) is 0.863. The summed E-state index contributed by atoms with van der Waals surface area (Å²) in [6.45, 7) is 2.16. The van der Waals surface area contributed by atoms with Gasteiger partial charge < -0.3 is 14.0 Å². The minimum atomic E-state index is -0.0499. The summed E-state index contributed by atoms with van der Waals surface area (Å²) in [7, 11) is 0. The van der Waals surface area contributed by atoms with Crippen LogP contribution in [0.3, 0.4) is 0 Å². The molecule has 1 aliphatic heterocycles. The fraction of sp³-hybridized carbons (Fsp3) is 0.500. The number of fused-ring (bicyclic) bond motifs is 1. The highest BCUT2D eigenvalue weighted by molar-refractivity contribution is 7.17. The first-order chi connectivity index (χ1) is 9.34. The maximum atomic E-state index is 11.7. The molecule has 19 heavy (non-hydrogen) atoms. The smallest absolute Gasteiger partial charge is 0.199 e. The molecule has 1 atom stereocenters. The van der Waals surface area contributed by atoms with Gasteiger partial charge in [-0.15, -0.1) is 11.3 Å². The van der Waals surface area contributed by atoms with Crippen LogP contribution < -0.4 is 5.43 Å². The van der Waals surface area contributed by atoms with E-state index in [-0.39, 0.29) is 11.7 Å². The minimum Gasteiger partial charge on any atom is -0.353 e. The lowest BCUT2D eigenvalue weighted by Gasteiger charge is -2.23. The van der Waals surface area contributed by atoms with Crippen molar-refractivity contribution >= 4 is 21.6 Å². The topological polar surface area (TPSA) is 40.5 Å². The van der Waals surface area contributed by atoms with E-state index in [1.54, 1.807) is 6.07 Å². The average Bonchev–Trinajstić information content (AvgIpc) is 2.93. The first-order valence-corrected chi connectivity index (χ1v) is 7.52. The molecule has 1 aliphatic rings. The highest BCUT2D eigenvalue weighted by Crippen LogP contribution is 2.17. The van der Waals surface area contributed by atoms with E-state index < -0.39 is 0 Å². The Hall–Kier alpha value is -1.17. The molecule has 0 unspecified atom stereocenters. The van der Waals surface area contributed by atoms with Gasteiger partial charge in [0.2, 0.25) is 0 Å². The van der Waals surface area contributed by atoms with E-state index in [0.29, 0.717) is 6.61 Å². The number of nitrogens with zero attached hydrogens (tertiary/aromatic N) is 1. The van der Waals surface area contributed by atoms with Crippen molar-refractivity contribution in [3.8, 4) is 0 Å². The van der Waals surface area contributed by atoms with Crippen LogP contribution in [-0.2, 0) is 16.0 Å². The van der Waals surface area contributed by atoms with Gasteiger partial charge in [0.25, 0.3) is 0 Å². The van der Waals surface area contributed by atoms with Gasteiger partial charge in [-0.05, 0) is 30.7 Å². The van der Waals surface area contributed by atoms with Crippen molar-refractivity contribution in [2.45, 2.75) is 32.1 Å². The molecule has 0 spiro atoms. The Labute approximate surface area is 115 Å². The van der Waals surface area contributed by atoms with Crippen molar-refractivity contribution < 1.29 is 9.47 Å². The molecule has 0 amide bonds. The standard InChI is InChI=1S/C14H17NO3S/c16-12-4-6-15(11-5-10-19-14(11)12)7-9-18-13-3-1-2-8-17-13/h4-6,10,13H,1-3,7-9H2/t13-/m1/s1. The van der Waals surface area contributed by atoms with Crippen LogP contribution in [0, 0.1) is 0 Å². The van der Waals surface area contributed by atoms with Crippen LogP contribution in [0.2, 0.25) is 0 Å². The third-order valence-electron chi connectivity index (χ3n) is 3.36. The molecule has 3 heterocycles. The van der Waals surface area contributed by atoms with Crippen molar-refractivity contribution in [2.75, 3.05) is 13.2 Å². The summed E-state index contributed by atoms with van der Waals surface area (Å²) in [6.07, 6.45) is 5.08. The second-order valence-electron chi connectivity index (χ2n) is 4.68. The van der Waals surface area contributed by atoms with E-state index in [1.807, 2.05) is 17.6 Å². The molecule has 0 N–H and O–H groups in total. The first-order valence-electron chi connectivity index (χ1n) is 6.64. The number of hydrogen-bond acceptors (Lipinski definition) is 4. The van der Waals surface area contributed by atoms with Crippen molar-refractivity contribution in [1.82, 2.24) is 4.57 Å². The Morgan fingerprint density at radius 2 is 2.37 bits per heavy atom. The number of thiophene rings is 1. The molecule has 2 aromatic rings. The Morgan fingerprint density at radius 1 is 1.42 bits per heavy atom. The second kappa shape index (κ2) is 5.86. The van der Waals surface area contributed by atoms with Crippen molar-refractivity contribution in [3.05, 3.63) is 33.9 Å². The molecule has 0 aliphatic carbocycles. The maximum absolute atomic E-state index is 11.7. The van der Waals surface area contributed by atoms with Gasteiger partial charge in [-0.25, -0.2) is 0 Å². The molecule has 0 bridgehead atoms. The van der Waals surface area contributed by atoms with Crippen molar-refractivity contribution in [1.29, 1.82) is 0 Å². The molecule has 5 heteroatoms. The van der Waals surface area contributed by atoms with Crippen LogP contribution in [-0.4, -0.2) is 24.1 Å². The van der Waals surface area contributed by atoms with Gasteiger partial charge in [-0.2, -0.15) is 0 Å². The number of ether oxygens (including phenoxy) is 2. The molecular formula is C14H17NO3S. The third kappa shape index (κ3) is 2.88. The van der Waals surface area contributed by atoms with Crippen LogP contribution in [0.4, 0.5) is 0 Å². The van der Waals surface area contributed by atoms with Gasteiger partial charge in [0.1, 0.15) is 0 Å². The van der Waals surface area contributed by atoms with E-state index in [2.05, 4.69) is 4.57 Å². The highest BCUT2D eigenvalue weighted by atomic mass is 32.1. The van der Waals surface area contributed by atoms with Gasteiger partial charge in [0.15, 0.2) is 11.7 Å². The van der Waals surface area contributed by atoms with Gasteiger partial charge in [0.05, 0.1) is 16.8 Å². The van der Waals surface area contributed by atoms with Crippen LogP contribution >= 0.6 is 11.3 Å². The summed E-state index contributed by atoms with van der Waals surface area (Å²) >= 11 is 1.49. The monoisotopic (exact) mass is 279 g/mol. The SMILES string of the molecule is O=c1ccn(CCO[C@@H]2CCCCO2)c2ccsc12. The average molecular weight is 279 g/mol. The molecule has 3 rings (SSSR count). The lowest BCUT2D eigenvalue weighted by Crippen LogP contribution is -2.24. The molecule has 0 radical (unpaired) electrons. The summed E-state index contributed by atoms with van der Waals surface area (Å²) in [6, 6.07) is 3.61. The maximum Gasteiger partial charge on any atom is 0.199 e. The Bertz CT molecular complexity index is 598. The van der Waals surface area contributed by atoms with Crippen LogP contribution in [0.15, 0.2) is 28.5 Å². The Morgan fingerprint density at radius 3 is 3.21 bits per heavy atom. The third-order valence-corrected chi connectivity index (χ3v) is 4.28. The predicted octanol–water partition coefficient (Wildman–Crippen LogP) is 2.61. The van der Waals surface area contributed by atoms with Gasteiger partial charge >= 0.3 is 0 Å². The van der Waals surface area contributed by atoms with E-state index >= 15 is 0 Å². The first kappa shape index (κ1) is 12.8. The molecule has 1 saturated heterocycles.